The van der Waals surface area contributed by atoms with Crippen LogP contribution in [0.4, 0.5) is 5.69 Å². The van der Waals surface area contributed by atoms with Gasteiger partial charge < -0.3 is 4.90 Å². The third-order valence-corrected chi connectivity index (χ3v) is 4.13. The average molecular weight is 321 g/mol. The summed E-state index contributed by atoms with van der Waals surface area (Å²) in [5.74, 6) is 0.777. The number of nitrogens with zero attached hydrogens (tertiary/aromatic N) is 4. The van der Waals surface area contributed by atoms with Crippen LogP contribution in [0.15, 0.2) is 48.5 Å². The van der Waals surface area contributed by atoms with Gasteiger partial charge in [0.2, 0.25) is 4.77 Å². The summed E-state index contributed by atoms with van der Waals surface area (Å²) >= 11 is 5.37. The Balaban J connectivity index is 1.93. The minimum absolute atomic E-state index is 0.474. The molecule has 4 aromatic rings. The van der Waals surface area contributed by atoms with Crippen molar-refractivity contribution in [2.75, 3.05) is 19.0 Å². The van der Waals surface area contributed by atoms with Gasteiger partial charge in [-0.25, -0.2) is 14.5 Å². The normalized spacial score (nSPS) is 11.2. The second-order valence-corrected chi connectivity index (χ2v) is 5.95. The smallest absolute Gasteiger partial charge is 0.221 e. The fourth-order valence-corrected chi connectivity index (χ4v) is 2.85. The van der Waals surface area contributed by atoms with Crippen LogP contribution in [0.25, 0.3) is 27.9 Å². The maximum atomic E-state index is 5.37. The Morgan fingerprint density at radius 1 is 1.00 bits per heavy atom. The summed E-state index contributed by atoms with van der Waals surface area (Å²) in [6.07, 6.45) is 0. The van der Waals surface area contributed by atoms with Crippen molar-refractivity contribution in [3.63, 3.8) is 0 Å². The molecule has 0 saturated carbocycles. The van der Waals surface area contributed by atoms with Gasteiger partial charge >= 0.3 is 0 Å². The molecule has 2 aromatic carbocycles. The van der Waals surface area contributed by atoms with Gasteiger partial charge in [-0.2, -0.15) is 0 Å². The van der Waals surface area contributed by atoms with E-state index in [4.69, 9.17) is 17.2 Å². The topological polar surface area (TPSA) is 49.2 Å². The molecule has 0 fully saturated rings. The number of nitrogens with one attached hydrogen (secondary N) is 1. The number of aromatic amines is 1. The van der Waals surface area contributed by atoms with E-state index in [-0.39, 0.29) is 0 Å². The second kappa shape index (κ2) is 5.17. The molecule has 4 rings (SSSR count). The highest BCUT2D eigenvalue weighted by Crippen LogP contribution is 2.23. The first-order valence-corrected chi connectivity index (χ1v) is 7.69. The van der Waals surface area contributed by atoms with E-state index in [0.717, 1.165) is 33.6 Å². The highest BCUT2D eigenvalue weighted by Gasteiger charge is 2.10. The van der Waals surface area contributed by atoms with Crippen LogP contribution in [0.1, 0.15) is 0 Å². The van der Waals surface area contributed by atoms with Crippen LogP contribution in [-0.2, 0) is 0 Å². The van der Waals surface area contributed by atoms with Crippen molar-refractivity contribution in [1.82, 2.24) is 19.6 Å². The molecule has 0 unspecified atom stereocenters. The molecule has 0 spiro atoms. The van der Waals surface area contributed by atoms with Crippen LogP contribution in [0.5, 0.6) is 0 Å². The summed E-state index contributed by atoms with van der Waals surface area (Å²) in [6.45, 7) is 0. The monoisotopic (exact) mass is 321 g/mol. The van der Waals surface area contributed by atoms with Crippen LogP contribution in [0, 0.1) is 4.77 Å². The highest BCUT2D eigenvalue weighted by atomic mass is 32.1. The molecule has 0 radical (unpaired) electrons. The lowest BCUT2D eigenvalue weighted by Crippen LogP contribution is -2.07. The molecule has 114 valence electrons. The molecule has 2 aromatic heterocycles. The third-order valence-electron chi connectivity index (χ3n) is 3.86. The average Bonchev–Trinajstić information content (AvgIpc) is 3.01. The number of H-pyrrole nitrogens is 1. The first kappa shape index (κ1) is 13.9. The third kappa shape index (κ3) is 2.27. The number of hydrogen-bond acceptors (Lipinski definition) is 4. The van der Waals surface area contributed by atoms with Gasteiger partial charge in [-0.3, -0.25) is 5.10 Å². The van der Waals surface area contributed by atoms with Crippen LogP contribution in [0.2, 0.25) is 0 Å². The number of hydrogen-bond donors (Lipinski definition) is 1. The Morgan fingerprint density at radius 2 is 1.74 bits per heavy atom. The van der Waals surface area contributed by atoms with E-state index in [9.17, 15) is 0 Å². The van der Waals surface area contributed by atoms with Crippen molar-refractivity contribution in [2.24, 2.45) is 0 Å². The molecule has 0 amide bonds. The summed E-state index contributed by atoms with van der Waals surface area (Å²) in [7, 11) is 4.04. The summed E-state index contributed by atoms with van der Waals surface area (Å²) in [5, 5.41) is 4.23. The number of benzene rings is 2. The van der Waals surface area contributed by atoms with E-state index < -0.39 is 0 Å². The SMILES string of the molecule is CN(C)c1ccc(-c2nc3c4ccccc4nc(=S)n3[nH]2)cc1. The van der Waals surface area contributed by atoms with Crippen molar-refractivity contribution in [3.8, 4) is 11.4 Å². The molecule has 0 aliphatic heterocycles. The number of rotatable bonds is 2. The zero-order valence-electron chi connectivity index (χ0n) is 12.8. The molecule has 5 nitrogen and oxygen atoms in total. The van der Waals surface area contributed by atoms with Gasteiger partial charge in [-0.1, -0.05) is 12.1 Å². The predicted octanol–water partition coefficient (Wildman–Crippen LogP) is 3.67. The fourth-order valence-electron chi connectivity index (χ4n) is 2.62. The van der Waals surface area contributed by atoms with Crippen molar-refractivity contribution in [1.29, 1.82) is 0 Å². The number of fused-ring (bicyclic) bond motifs is 3. The largest absolute Gasteiger partial charge is 0.378 e. The predicted molar refractivity (Wildman–Crippen MR) is 95.4 cm³/mol. The minimum atomic E-state index is 0.474. The summed E-state index contributed by atoms with van der Waals surface area (Å²) < 4.78 is 2.23. The van der Waals surface area contributed by atoms with E-state index in [1.54, 1.807) is 4.52 Å². The van der Waals surface area contributed by atoms with Crippen molar-refractivity contribution < 1.29 is 0 Å². The van der Waals surface area contributed by atoms with Crippen molar-refractivity contribution >= 4 is 34.5 Å². The molecule has 2 heterocycles. The molecule has 6 heteroatoms. The van der Waals surface area contributed by atoms with Gasteiger partial charge in [-0.05, 0) is 48.6 Å². The molecule has 0 bridgehead atoms. The van der Waals surface area contributed by atoms with Crippen LogP contribution in [0.3, 0.4) is 0 Å². The first-order valence-electron chi connectivity index (χ1n) is 7.29. The van der Waals surface area contributed by atoms with Gasteiger partial charge in [0.25, 0.3) is 0 Å². The molecular weight excluding hydrogens is 306 g/mol. The van der Waals surface area contributed by atoms with Gasteiger partial charge in [0.1, 0.15) is 0 Å². The Hall–Kier alpha value is -2.73. The standard InChI is InChI=1S/C17H15N5S/c1-21(2)12-9-7-11(8-10-12)15-19-16-13-5-3-4-6-14(13)18-17(23)22(16)20-15/h3-10H,1-2H3,(H,19,20). The Kier molecular flexibility index (Phi) is 3.12. The van der Waals surface area contributed by atoms with E-state index in [0.29, 0.717) is 4.77 Å². The summed E-state index contributed by atoms with van der Waals surface area (Å²) in [5.41, 5.74) is 3.82. The maximum absolute atomic E-state index is 5.37. The Bertz CT molecular complexity index is 1060. The van der Waals surface area contributed by atoms with Crippen LogP contribution in [-0.4, -0.2) is 33.7 Å². The minimum Gasteiger partial charge on any atom is -0.378 e. The van der Waals surface area contributed by atoms with E-state index in [1.165, 1.54) is 0 Å². The Morgan fingerprint density at radius 3 is 2.48 bits per heavy atom. The van der Waals surface area contributed by atoms with Crippen LogP contribution < -0.4 is 4.90 Å². The summed E-state index contributed by atoms with van der Waals surface area (Å²) in [4.78, 5) is 11.2. The summed E-state index contributed by atoms with van der Waals surface area (Å²) in [6, 6.07) is 16.1. The molecule has 0 saturated heterocycles. The molecule has 0 aliphatic rings. The van der Waals surface area contributed by atoms with E-state index >= 15 is 0 Å². The molecule has 0 atom stereocenters. The molecular formula is C17H15N5S. The van der Waals surface area contributed by atoms with Crippen LogP contribution >= 0.6 is 12.2 Å². The molecule has 23 heavy (non-hydrogen) atoms. The van der Waals surface area contributed by atoms with E-state index in [1.807, 2.05) is 50.5 Å². The fraction of sp³-hybridized carbons (Fsp3) is 0.118. The highest BCUT2D eigenvalue weighted by molar-refractivity contribution is 7.71. The van der Waals surface area contributed by atoms with Gasteiger partial charge in [0.05, 0.1) is 5.52 Å². The number of anilines is 1. The van der Waals surface area contributed by atoms with Crippen molar-refractivity contribution in [2.45, 2.75) is 0 Å². The quantitative estimate of drug-likeness (QED) is 0.572. The van der Waals surface area contributed by atoms with E-state index in [2.05, 4.69) is 27.1 Å². The maximum Gasteiger partial charge on any atom is 0.221 e. The lowest BCUT2D eigenvalue weighted by molar-refractivity contribution is 0.918. The van der Waals surface area contributed by atoms with Crippen molar-refractivity contribution in [3.05, 3.63) is 53.3 Å². The number of para-hydroxylation sites is 1. The molecule has 0 aliphatic carbocycles. The second-order valence-electron chi connectivity index (χ2n) is 5.58. The molecule has 1 N–H and O–H groups in total. The van der Waals surface area contributed by atoms with Gasteiger partial charge in [0, 0.05) is 30.7 Å². The lowest BCUT2D eigenvalue weighted by Gasteiger charge is -2.11. The first-order chi connectivity index (χ1) is 11.1. The Labute approximate surface area is 138 Å². The zero-order valence-corrected chi connectivity index (χ0v) is 13.6. The number of aromatic nitrogens is 4. The zero-order chi connectivity index (χ0) is 16.0. The van der Waals surface area contributed by atoms with Gasteiger partial charge in [-0.15, -0.1) is 0 Å². The lowest BCUT2D eigenvalue weighted by atomic mass is 10.2. The van der Waals surface area contributed by atoms with Gasteiger partial charge in [0.15, 0.2) is 11.5 Å².